The molecule has 1 atom stereocenters. The van der Waals surface area contributed by atoms with Gasteiger partial charge in [-0.15, -0.1) is 0 Å². The van der Waals surface area contributed by atoms with E-state index in [2.05, 4.69) is 10.6 Å². The summed E-state index contributed by atoms with van der Waals surface area (Å²) >= 11 is 0. The molecule has 1 rings (SSSR count). The van der Waals surface area contributed by atoms with Crippen LogP contribution >= 0.6 is 0 Å². The van der Waals surface area contributed by atoms with Gasteiger partial charge in [0.25, 0.3) is 0 Å². The van der Waals surface area contributed by atoms with E-state index >= 15 is 0 Å². The van der Waals surface area contributed by atoms with Gasteiger partial charge in [0.15, 0.2) is 0 Å². The molecule has 0 bridgehead atoms. The molecule has 1 unspecified atom stereocenters. The first kappa shape index (κ1) is 10.8. The summed E-state index contributed by atoms with van der Waals surface area (Å²) in [7, 11) is 0. The molecule has 1 heterocycles. The van der Waals surface area contributed by atoms with Crippen molar-refractivity contribution in [1.82, 2.24) is 10.6 Å². The van der Waals surface area contributed by atoms with Crippen molar-refractivity contribution in [3.05, 3.63) is 24.2 Å². The zero-order valence-corrected chi connectivity index (χ0v) is 8.54. The standard InChI is InChI=1S/C10H16N2O2/c1-8(10-4-3-7-14-10)11-5-6-12-9(2)13/h3-4,7-8,11H,5-6H2,1-2H3,(H,12,13). The lowest BCUT2D eigenvalue weighted by Gasteiger charge is -2.10. The van der Waals surface area contributed by atoms with Crippen LogP contribution in [0.2, 0.25) is 0 Å². The van der Waals surface area contributed by atoms with Gasteiger partial charge in [0.05, 0.1) is 12.3 Å². The quantitative estimate of drug-likeness (QED) is 0.692. The zero-order valence-electron chi connectivity index (χ0n) is 8.54. The molecule has 0 saturated heterocycles. The van der Waals surface area contributed by atoms with E-state index < -0.39 is 0 Å². The summed E-state index contributed by atoms with van der Waals surface area (Å²) in [4.78, 5) is 10.6. The van der Waals surface area contributed by atoms with Gasteiger partial charge in [-0.05, 0) is 19.1 Å². The van der Waals surface area contributed by atoms with E-state index in [1.54, 1.807) is 6.26 Å². The molecule has 0 aliphatic heterocycles. The molecule has 1 aromatic heterocycles. The molecular weight excluding hydrogens is 180 g/mol. The van der Waals surface area contributed by atoms with Crippen molar-refractivity contribution in [3.63, 3.8) is 0 Å². The highest BCUT2D eigenvalue weighted by Crippen LogP contribution is 2.11. The first-order chi connectivity index (χ1) is 6.70. The van der Waals surface area contributed by atoms with Crippen molar-refractivity contribution >= 4 is 5.91 Å². The Kier molecular flexibility index (Phi) is 4.19. The lowest BCUT2D eigenvalue weighted by Crippen LogP contribution is -2.31. The van der Waals surface area contributed by atoms with Crippen LogP contribution in [0.3, 0.4) is 0 Å². The average molecular weight is 196 g/mol. The number of hydrogen-bond donors (Lipinski definition) is 2. The number of furan rings is 1. The molecule has 0 fully saturated rings. The van der Waals surface area contributed by atoms with Crippen molar-refractivity contribution in [2.75, 3.05) is 13.1 Å². The SMILES string of the molecule is CC(=O)NCCNC(C)c1ccco1. The van der Waals surface area contributed by atoms with E-state index in [0.717, 1.165) is 12.3 Å². The molecule has 1 aromatic rings. The molecule has 0 saturated carbocycles. The van der Waals surface area contributed by atoms with Gasteiger partial charge >= 0.3 is 0 Å². The first-order valence-corrected chi connectivity index (χ1v) is 4.71. The monoisotopic (exact) mass is 196 g/mol. The number of carbonyl (C=O) groups excluding carboxylic acids is 1. The maximum absolute atomic E-state index is 10.6. The van der Waals surface area contributed by atoms with Crippen LogP contribution in [0.5, 0.6) is 0 Å². The molecule has 2 N–H and O–H groups in total. The second-order valence-electron chi connectivity index (χ2n) is 3.17. The Morgan fingerprint density at radius 1 is 1.57 bits per heavy atom. The first-order valence-electron chi connectivity index (χ1n) is 4.71. The van der Waals surface area contributed by atoms with Gasteiger partial charge in [0.2, 0.25) is 5.91 Å². The maximum Gasteiger partial charge on any atom is 0.216 e. The third-order valence-electron chi connectivity index (χ3n) is 1.92. The van der Waals surface area contributed by atoms with Gasteiger partial charge in [-0.2, -0.15) is 0 Å². The number of rotatable bonds is 5. The van der Waals surface area contributed by atoms with Gasteiger partial charge in [0, 0.05) is 20.0 Å². The Bertz CT molecular complexity index is 270. The molecule has 0 aromatic carbocycles. The van der Waals surface area contributed by atoms with Crippen molar-refractivity contribution in [2.45, 2.75) is 19.9 Å². The van der Waals surface area contributed by atoms with E-state index in [1.165, 1.54) is 6.92 Å². The Morgan fingerprint density at radius 2 is 2.36 bits per heavy atom. The lowest BCUT2D eigenvalue weighted by molar-refractivity contribution is -0.118. The van der Waals surface area contributed by atoms with E-state index in [1.807, 2.05) is 19.1 Å². The zero-order chi connectivity index (χ0) is 10.4. The Morgan fingerprint density at radius 3 is 2.93 bits per heavy atom. The summed E-state index contributed by atoms with van der Waals surface area (Å²) in [6.45, 7) is 4.91. The molecule has 0 aliphatic rings. The minimum atomic E-state index is -0.00236. The van der Waals surface area contributed by atoms with E-state index in [0.29, 0.717) is 6.54 Å². The van der Waals surface area contributed by atoms with Crippen LogP contribution < -0.4 is 10.6 Å². The molecule has 0 aliphatic carbocycles. The van der Waals surface area contributed by atoms with Crippen molar-refractivity contribution in [1.29, 1.82) is 0 Å². The highest BCUT2D eigenvalue weighted by molar-refractivity contribution is 5.72. The number of carbonyl (C=O) groups is 1. The van der Waals surface area contributed by atoms with Crippen LogP contribution in [0.15, 0.2) is 22.8 Å². The predicted octanol–water partition coefficient (Wildman–Crippen LogP) is 1.07. The van der Waals surface area contributed by atoms with Gasteiger partial charge in [-0.1, -0.05) is 0 Å². The van der Waals surface area contributed by atoms with Crippen LogP contribution in [-0.2, 0) is 4.79 Å². The van der Waals surface area contributed by atoms with Crippen LogP contribution in [0.25, 0.3) is 0 Å². The van der Waals surface area contributed by atoms with Crippen LogP contribution in [-0.4, -0.2) is 19.0 Å². The largest absolute Gasteiger partial charge is 0.468 e. The fraction of sp³-hybridized carbons (Fsp3) is 0.500. The second-order valence-corrected chi connectivity index (χ2v) is 3.17. The van der Waals surface area contributed by atoms with Gasteiger partial charge < -0.3 is 15.1 Å². The topological polar surface area (TPSA) is 54.3 Å². The highest BCUT2D eigenvalue weighted by Gasteiger charge is 2.05. The van der Waals surface area contributed by atoms with E-state index in [4.69, 9.17) is 4.42 Å². The van der Waals surface area contributed by atoms with Crippen molar-refractivity contribution in [3.8, 4) is 0 Å². The minimum absolute atomic E-state index is 0.00236. The number of amides is 1. The summed E-state index contributed by atoms with van der Waals surface area (Å²) in [5, 5.41) is 5.95. The molecule has 1 amide bonds. The van der Waals surface area contributed by atoms with Crippen molar-refractivity contribution in [2.24, 2.45) is 0 Å². The number of nitrogens with one attached hydrogen (secondary N) is 2. The molecular formula is C10H16N2O2. The summed E-state index contributed by atoms with van der Waals surface area (Å²) in [6, 6.07) is 3.97. The van der Waals surface area contributed by atoms with Crippen LogP contribution in [0.1, 0.15) is 25.6 Å². The minimum Gasteiger partial charge on any atom is -0.468 e. The molecule has 4 nitrogen and oxygen atoms in total. The predicted molar refractivity (Wildman–Crippen MR) is 53.8 cm³/mol. The molecule has 0 radical (unpaired) electrons. The Labute approximate surface area is 83.7 Å². The normalized spacial score (nSPS) is 12.4. The fourth-order valence-corrected chi connectivity index (χ4v) is 1.17. The second kappa shape index (κ2) is 5.44. The van der Waals surface area contributed by atoms with Gasteiger partial charge in [-0.25, -0.2) is 0 Å². The highest BCUT2D eigenvalue weighted by atomic mass is 16.3. The Hall–Kier alpha value is -1.29. The molecule has 4 heteroatoms. The molecule has 14 heavy (non-hydrogen) atoms. The smallest absolute Gasteiger partial charge is 0.216 e. The average Bonchev–Trinajstić information content (AvgIpc) is 2.64. The summed E-state index contributed by atoms with van der Waals surface area (Å²) in [5.41, 5.74) is 0. The lowest BCUT2D eigenvalue weighted by atomic mass is 10.2. The fourth-order valence-electron chi connectivity index (χ4n) is 1.17. The Balaban J connectivity index is 2.16. The van der Waals surface area contributed by atoms with Crippen molar-refractivity contribution < 1.29 is 9.21 Å². The number of hydrogen-bond acceptors (Lipinski definition) is 3. The third kappa shape index (κ3) is 3.62. The van der Waals surface area contributed by atoms with E-state index in [9.17, 15) is 4.79 Å². The molecule has 78 valence electrons. The van der Waals surface area contributed by atoms with Gasteiger partial charge in [0.1, 0.15) is 5.76 Å². The summed E-state index contributed by atoms with van der Waals surface area (Å²) < 4.78 is 5.22. The summed E-state index contributed by atoms with van der Waals surface area (Å²) in [6.07, 6.45) is 1.65. The van der Waals surface area contributed by atoms with Crippen LogP contribution in [0.4, 0.5) is 0 Å². The summed E-state index contributed by atoms with van der Waals surface area (Å²) in [5.74, 6) is 0.908. The van der Waals surface area contributed by atoms with E-state index in [-0.39, 0.29) is 11.9 Å². The maximum atomic E-state index is 10.6. The molecule has 0 spiro atoms. The van der Waals surface area contributed by atoms with Gasteiger partial charge in [-0.3, -0.25) is 4.79 Å². The van der Waals surface area contributed by atoms with Crippen LogP contribution in [0, 0.1) is 0 Å². The third-order valence-corrected chi connectivity index (χ3v) is 1.92.